The summed E-state index contributed by atoms with van der Waals surface area (Å²) in [6.45, 7) is 1.76. The predicted molar refractivity (Wildman–Crippen MR) is 83.3 cm³/mol. The average molecular weight is 319 g/mol. The molecule has 1 N–H and O–H groups in total. The van der Waals surface area contributed by atoms with E-state index in [4.69, 9.17) is 14.2 Å². The van der Waals surface area contributed by atoms with Gasteiger partial charge in [0.25, 0.3) is 5.91 Å². The first-order valence-electron chi connectivity index (χ1n) is 8.02. The predicted octanol–water partition coefficient (Wildman–Crippen LogP) is 2.87. The quantitative estimate of drug-likeness (QED) is 0.845. The first kappa shape index (κ1) is 15.6. The van der Waals surface area contributed by atoms with Crippen molar-refractivity contribution < 1.29 is 23.8 Å². The van der Waals surface area contributed by atoms with Crippen LogP contribution in [0.2, 0.25) is 0 Å². The Morgan fingerprint density at radius 1 is 1.26 bits per heavy atom. The minimum atomic E-state index is -0.825. The van der Waals surface area contributed by atoms with Gasteiger partial charge in [0, 0.05) is 18.2 Å². The van der Waals surface area contributed by atoms with Crippen molar-refractivity contribution in [1.29, 1.82) is 0 Å². The SMILES string of the molecule is C[C@@H](OC(=O)CC1CCCC1)C(=O)Nc1ccc2c(c1)OCO2. The molecule has 6 heteroatoms. The number of amides is 1. The molecule has 1 saturated carbocycles. The highest BCUT2D eigenvalue weighted by molar-refractivity contribution is 5.95. The normalized spacial score (nSPS) is 17.8. The molecule has 0 saturated heterocycles. The van der Waals surface area contributed by atoms with Gasteiger partial charge in [0.15, 0.2) is 17.6 Å². The monoisotopic (exact) mass is 319 g/mol. The average Bonchev–Trinajstić information content (AvgIpc) is 3.17. The Labute approximate surface area is 135 Å². The van der Waals surface area contributed by atoms with E-state index in [1.165, 1.54) is 12.8 Å². The number of esters is 1. The molecule has 1 aromatic carbocycles. The number of rotatable bonds is 5. The van der Waals surface area contributed by atoms with Gasteiger partial charge in [-0.1, -0.05) is 12.8 Å². The summed E-state index contributed by atoms with van der Waals surface area (Å²) in [5, 5.41) is 2.72. The zero-order chi connectivity index (χ0) is 16.2. The number of nitrogens with one attached hydrogen (secondary N) is 1. The highest BCUT2D eigenvalue weighted by Gasteiger charge is 2.23. The second kappa shape index (κ2) is 6.89. The highest BCUT2D eigenvalue weighted by Crippen LogP contribution is 2.34. The molecule has 1 atom stereocenters. The molecule has 3 rings (SSSR count). The molecule has 0 bridgehead atoms. The van der Waals surface area contributed by atoms with Crippen LogP contribution in [0.4, 0.5) is 5.69 Å². The van der Waals surface area contributed by atoms with Gasteiger partial charge in [-0.25, -0.2) is 0 Å². The maximum absolute atomic E-state index is 12.1. The molecule has 0 unspecified atom stereocenters. The van der Waals surface area contributed by atoms with Crippen LogP contribution in [-0.2, 0) is 14.3 Å². The smallest absolute Gasteiger partial charge is 0.306 e. The van der Waals surface area contributed by atoms with E-state index in [1.54, 1.807) is 25.1 Å². The van der Waals surface area contributed by atoms with E-state index in [0.29, 0.717) is 29.5 Å². The van der Waals surface area contributed by atoms with E-state index < -0.39 is 6.10 Å². The van der Waals surface area contributed by atoms with E-state index in [2.05, 4.69) is 5.32 Å². The Morgan fingerprint density at radius 2 is 2.00 bits per heavy atom. The third-order valence-electron chi connectivity index (χ3n) is 4.25. The van der Waals surface area contributed by atoms with Crippen LogP contribution in [0.1, 0.15) is 39.0 Å². The molecule has 23 heavy (non-hydrogen) atoms. The number of anilines is 1. The van der Waals surface area contributed by atoms with Gasteiger partial charge in [-0.05, 0) is 37.8 Å². The van der Waals surface area contributed by atoms with Crippen LogP contribution in [0.5, 0.6) is 11.5 Å². The third-order valence-corrected chi connectivity index (χ3v) is 4.25. The molecule has 1 aliphatic heterocycles. The van der Waals surface area contributed by atoms with Gasteiger partial charge in [0.2, 0.25) is 6.79 Å². The minimum absolute atomic E-state index is 0.182. The molecule has 0 spiro atoms. The third kappa shape index (κ3) is 3.94. The zero-order valence-electron chi connectivity index (χ0n) is 13.2. The summed E-state index contributed by atoms with van der Waals surface area (Å²) in [6, 6.07) is 5.14. The van der Waals surface area contributed by atoms with Gasteiger partial charge in [0.05, 0.1) is 0 Å². The van der Waals surface area contributed by atoms with Crippen molar-refractivity contribution in [2.45, 2.75) is 45.1 Å². The van der Waals surface area contributed by atoms with Gasteiger partial charge in [-0.3, -0.25) is 9.59 Å². The van der Waals surface area contributed by atoms with E-state index in [0.717, 1.165) is 12.8 Å². The van der Waals surface area contributed by atoms with Crippen LogP contribution >= 0.6 is 0 Å². The summed E-state index contributed by atoms with van der Waals surface area (Å²) in [6.07, 6.45) is 4.09. The van der Waals surface area contributed by atoms with E-state index in [1.807, 2.05) is 0 Å². The summed E-state index contributed by atoms with van der Waals surface area (Å²) in [4.78, 5) is 24.0. The summed E-state index contributed by atoms with van der Waals surface area (Å²) in [5.41, 5.74) is 0.581. The zero-order valence-corrected chi connectivity index (χ0v) is 13.2. The lowest BCUT2D eigenvalue weighted by atomic mass is 10.0. The molecule has 0 radical (unpaired) electrons. The second-order valence-electron chi connectivity index (χ2n) is 6.04. The van der Waals surface area contributed by atoms with Gasteiger partial charge >= 0.3 is 5.97 Å². The molecule has 2 aliphatic rings. The number of carbonyl (C=O) groups is 2. The van der Waals surface area contributed by atoms with E-state index >= 15 is 0 Å². The summed E-state index contributed by atoms with van der Waals surface area (Å²) in [7, 11) is 0. The van der Waals surface area contributed by atoms with Crippen molar-refractivity contribution >= 4 is 17.6 Å². The van der Waals surface area contributed by atoms with Crippen LogP contribution < -0.4 is 14.8 Å². The lowest BCUT2D eigenvalue weighted by Gasteiger charge is -2.15. The maximum Gasteiger partial charge on any atom is 0.306 e. The summed E-state index contributed by atoms with van der Waals surface area (Å²) in [5.74, 6) is 0.994. The van der Waals surface area contributed by atoms with Crippen LogP contribution in [-0.4, -0.2) is 24.8 Å². The van der Waals surface area contributed by atoms with Crippen molar-refractivity contribution in [2.24, 2.45) is 5.92 Å². The molecule has 1 aromatic rings. The van der Waals surface area contributed by atoms with E-state index in [-0.39, 0.29) is 18.7 Å². The van der Waals surface area contributed by atoms with Crippen LogP contribution in [0, 0.1) is 5.92 Å². The fourth-order valence-electron chi connectivity index (χ4n) is 2.97. The van der Waals surface area contributed by atoms with Crippen molar-refractivity contribution in [3.8, 4) is 11.5 Å². The number of benzene rings is 1. The standard InChI is InChI=1S/C17H21NO5/c1-11(23-16(19)8-12-4-2-3-5-12)17(20)18-13-6-7-14-15(9-13)22-10-21-14/h6-7,9,11-12H,2-5,8,10H2,1H3,(H,18,20)/t11-/m1/s1. The Kier molecular flexibility index (Phi) is 4.69. The molecular weight excluding hydrogens is 298 g/mol. The molecule has 1 heterocycles. The Bertz CT molecular complexity index is 595. The van der Waals surface area contributed by atoms with Crippen LogP contribution in [0.3, 0.4) is 0 Å². The van der Waals surface area contributed by atoms with Gasteiger partial charge in [-0.2, -0.15) is 0 Å². The second-order valence-corrected chi connectivity index (χ2v) is 6.04. The fourth-order valence-corrected chi connectivity index (χ4v) is 2.97. The number of fused-ring (bicyclic) bond motifs is 1. The fraction of sp³-hybridized carbons (Fsp3) is 0.529. The highest BCUT2D eigenvalue weighted by atomic mass is 16.7. The van der Waals surface area contributed by atoms with Crippen LogP contribution in [0.25, 0.3) is 0 Å². The first-order valence-corrected chi connectivity index (χ1v) is 8.02. The minimum Gasteiger partial charge on any atom is -0.454 e. The van der Waals surface area contributed by atoms with Gasteiger partial charge in [0.1, 0.15) is 0 Å². The number of carbonyl (C=O) groups excluding carboxylic acids is 2. The van der Waals surface area contributed by atoms with Crippen molar-refractivity contribution in [3.05, 3.63) is 18.2 Å². The Balaban J connectivity index is 1.50. The summed E-state index contributed by atoms with van der Waals surface area (Å²) >= 11 is 0. The lowest BCUT2D eigenvalue weighted by molar-refractivity contribution is -0.154. The van der Waals surface area contributed by atoms with E-state index in [9.17, 15) is 9.59 Å². The molecule has 1 fully saturated rings. The topological polar surface area (TPSA) is 73.9 Å². The molecule has 124 valence electrons. The maximum atomic E-state index is 12.1. The van der Waals surface area contributed by atoms with Gasteiger partial charge in [-0.15, -0.1) is 0 Å². The molecule has 1 amide bonds. The number of hydrogen-bond donors (Lipinski definition) is 1. The lowest BCUT2D eigenvalue weighted by Crippen LogP contribution is -2.30. The number of ether oxygens (including phenoxy) is 3. The van der Waals surface area contributed by atoms with Crippen molar-refractivity contribution in [2.75, 3.05) is 12.1 Å². The van der Waals surface area contributed by atoms with Crippen molar-refractivity contribution in [3.63, 3.8) is 0 Å². The van der Waals surface area contributed by atoms with Crippen molar-refractivity contribution in [1.82, 2.24) is 0 Å². The summed E-state index contributed by atoms with van der Waals surface area (Å²) < 4.78 is 15.7. The molecule has 6 nitrogen and oxygen atoms in total. The molecule has 1 aliphatic carbocycles. The van der Waals surface area contributed by atoms with Gasteiger partial charge < -0.3 is 19.5 Å². The Hall–Kier alpha value is -2.24. The van der Waals surface area contributed by atoms with Crippen LogP contribution in [0.15, 0.2) is 18.2 Å². The largest absolute Gasteiger partial charge is 0.454 e. The molecular formula is C17H21NO5. The number of hydrogen-bond acceptors (Lipinski definition) is 5. The Morgan fingerprint density at radius 3 is 2.78 bits per heavy atom. The molecule has 0 aromatic heterocycles. The first-order chi connectivity index (χ1) is 11.1.